The molecular formula is C76H51N3. The highest BCUT2D eigenvalue weighted by Crippen LogP contribution is 2.38. The van der Waals surface area contributed by atoms with Crippen LogP contribution in [-0.4, -0.2) is 14.5 Å². The van der Waals surface area contributed by atoms with Crippen molar-refractivity contribution in [1.29, 1.82) is 0 Å². The number of rotatable bonds is 11. The second-order valence-electron chi connectivity index (χ2n) is 20.2. The Labute approximate surface area is 460 Å². The summed E-state index contributed by atoms with van der Waals surface area (Å²) in [4.78, 5) is 10.9. The molecule has 3 heteroatoms. The number of hydrogen-bond acceptors (Lipinski definition) is 2. The summed E-state index contributed by atoms with van der Waals surface area (Å²) in [5.74, 6) is 0.658. The first-order valence-electron chi connectivity index (χ1n) is 26.9. The van der Waals surface area contributed by atoms with Gasteiger partial charge in [0.1, 0.15) is 0 Å². The van der Waals surface area contributed by atoms with Crippen molar-refractivity contribution in [2.24, 2.45) is 0 Å². The maximum absolute atomic E-state index is 5.44. The van der Waals surface area contributed by atoms with Crippen molar-refractivity contribution in [2.75, 3.05) is 0 Å². The van der Waals surface area contributed by atoms with Crippen molar-refractivity contribution >= 4 is 21.8 Å². The third-order valence-corrected chi connectivity index (χ3v) is 15.2. The van der Waals surface area contributed by atoms with Crippen molar-refractivity contribution in [3.63, 3.8) is 0 Å². The fraction of sp³-hybridized carbons (Fsp3) is 0. The van der Waals surface area contributed by atoms with Crippen LogP contribution in [0.15, 0.2) is 309 Å². The highest BCUT2D eigenvalue weighted by molar-refractivity contribution is 6.09. The van der Waals surface area contributed by atoms with E-state index in [0.29, 0.717) is 5.82 Å². The first-order chi connectivity index (χ1) is 39.1. The lowest BCUT2D eigenvalue weighted by Gasteiger charge is -2.13. The molecule has 0 fully saturated rings. The minimum absolute atomic E-state index is 0.658. The Morgan fingerprint density at radius 1 is 0.190 bits per heavy atom. The van der Waals surface area contributed by atoms with Crippen LogP contribution < -0.4 is 0 Å². The Morgan fingerprint density at radius 2 is 0.456 bits per heavy atom. The summed E-state index contributed by atoms with van der Waals surface area (Å²) in [6.45, 7) is 0. The number of fused-ring (bicyclic) bond motifs is 3. The van der Waals surface area contributed by atoms with Gasteiger partial charge in [0.25, 0.3) is 0 Å². The lowest BCUT2D eigenvalue weighted by Crippen LogP contribution is -1.97. The zero-order chi connectivity index (χ0) is 52.5. The highest BCUT2D eigenvalue weighted by Gasteiger charge is 2.16. The first-order valence-corrected chi connectivity index (χ1v) is 26.9. The Balaban J connectivity index is 0.843. The zero-order valence-corrected chi connectivity index (χ0v) is 43.3. The van der Waals surface area contributed by atoms with E-state index >= 15 is 0 Å². The molecule has 0 radical (unpaired) electrons. The molecular weight excluding hydrogens is 955 g/mol. The lowest BCUT2D eigenvalue weighted by atomic mass is 9.94. The van der Waals surface area contributed by atoms with Crippen LogP contribution in [-0.2, 0) is 0 Å². The summed E-state index contributed by atoms with van der Waals surface area (Å²) < 4.78 is 2.37. The minimum atomic E-state index is 0.658. The van der Waals surface area contributed by atoms with Gasteiger partial charge in [0.05, 0.1) is 22.4 Å². The van der Waals surface area contributed by atoms with E-state index in [2.05, 4.69) is 314 Å². The molecule has 0 amide bonds. The van der Waals surface area contributed by atoms with E-state index in [4.69, 9.17) is 9.97 Å². The Bertz CT molecular complexity index is 4500. The molecule has 0 bridgehead atoms. The molecule has 0 atom stereocenters. The molecule has 0 aliphatic carbocycles. The third-order valence-electron chi connectivity index (χ3n) is 15.2. The SMILES string of the molecule is c1ccc(-c2cccc(-c3cccc(-c4cccc(-c5cccc(-c6cc(-c7cccc(-c8cccc(-c9ccccc9)c8)c7)nc(-c7cccc(-c8cccc(-n9c%10ccccc%10c%10ccccc%109)c8)c7)n6)c5)c4)c3)c2)cc1. The normalized spacial score (nSPS) is 11.3. The summed E-state index contributed by atoms with van der Waals surface area (Å²) in [6, 6.07) is 111. The molecule has 0 aliphatic rings. The van der Waals surface area contributed by atoms with Crippen LogP contribution in [0.4, 0.5) is 0 Å². The number of para-hydroxylation sites is 2. The molecule has 14 aromatic rings. The average molecular weight is 1010 g/mol. The van der Waals surface area contributed by atoms with Crippen LogP contribution in [0.25, 0.3) is 139 Å². The quantitative estimate of drug-likeness (QED) is 0.129. The van der Waals surface area contributed by atoms with E-state index < -0.39 is 0 Å². The van der Waals surface area contributed by atoms with E-state index in [1.54, 1.807) is 0 Å². The molecule has 0 saturated carbocycles. The molecule has 12 aromatic carbocycles. The summed E-state index contributed by atoms with van der Waals surface area (Å²) in [7, 11) is 0. The fourth-order valence-corrected chi connectivity index (χ4v) is 11.2. The molecule has 79 heavy (non-hydrogen) atoms. The zero-order valence-electron chi connectivity index (χ0n) is 43.3. The summed E-state index contributed by atoms with van der Waals surface area (Å²) in [6.07, 6.45) is 0. The van der Waals surface area contributed by atoms with Gasteiger partial charge in [-0.05, 0) is 151 Å². The van der Waals surface area contributed by atoms with E-state index in [1.165, 1.54) is 60.8 Å². The predicted molar refractivity (Wildman–Crippen MR) is 331 cm³/mol. The van der Waals surface area contributed by atoms with Gasteiger partial charge < -0.3 is 4.57 Å². The monoisotopic (exact) mass is 1010 g/mol. The molecule has 3 nitrogen and oxygen atoms in total. The van der Waals surface area contributed by atoms with Crippen LogP contribution in [0.1, 0.15) is 0 Å². The number of nitrogens with zero attached hydrogens (tertiary/aromatic N) is 3. The lowest BCUT2D eigenvalue weighted by molar-refractivity contribution is 1.18. The van der Waals surface area contributed by atoms with Gasteiger partial charge in [-0.3, -0.25) is 0 Å². The average Bonchev–Trinajstić information content (AvgIpc) is 4.10. The van der Waals surface area contributed by atoms with Gasteiger partial charge in [0, 0.05) is 33.2 Å². The number of hydrogen-bond donors (Lipinski definition) is 0. The van der Waals surface area contributed by atoms with Gasteiger partial charge in [-0.2, -0.15) is 0 Å². The molecule has 0 unspecified atom stereocenters. The van der Waals surface area contributed by atoms with Gasteiger partial charge in [-0.15, -0.1) is 0 Å². The molecule has 0 N–H and O–H groups in total. The van der Waals surface area contributed by atoms with Crippen LogP contribution in [0.5, 0.6) is 0 Å². The molecule has 2 aromatic heterocycles. The largest absolute Gasteiger partial charge is 0.309 e. The smallest absolute Gasteiger partial charge is 0.160 e. The third kappa shape index (κ3) is 9.41. The Kier molecular flexibility index (Phi) is 12.2. The summed E-state index contributed by atoms with van der Waals surface area (Å²) >= 11 is 0. The standard InChI is InChI=1S/C76H51N3/c1-3-19-52(20-4-1)54-23-11-25-56(43-54)58-27-13-28-59(45-58)60-29-14-30-61(46-60)63-32-16-36-67(48-63)73-51-72(66-35-15-31-62(47-66)57-26-12-24-55(44-57)53-21-5-2-6-22-53)77-76(78-73)68-37-17-33-64(49-68)65-34-18-38-69(50-65)79-74-41-9-7-39-70(74)71-40-8-10-42-75(71)79/h1-51H. The van der Waals surface area contributed by atoms with Crippen molar-refractivity contribution in [3.05, 3.63) is 309 Å². The number of benzene rings is 12. The van der Waals surface area contributed by atoms with Crippen LogP contribution in [0.2, 0.25) is 0 Å². The van der Waals surface area contributed by atoms with Crippen molar-refractivity contribution in [1.82, 2.24) is 14.5 Å². The van der Waals surface area contributed by atoms with Gasteiger partial charge in [0.15, 0.2) is 5.82 Å². The second-order valence-corrected chi connectivity index (χ2v) is 20.2. The van der Waals surface area contributed by atoms with Crippen molar-refractivity contribution in [3.8, 4) is 117 Å². The van der Waals surface area contributed by atoms with E-state index in [1.807, 2.05) is 0 Å². The molecule has 0 aliphatic heterocycles. The van der Waals surface area contributed by atoms with Crippen molar-refractivity contribution < 1.29 is 0 Å². The predicted octanol–water partition coefficient (Wildman–Crippen LogP) is 20.2. The van der Waals surface area contributed by atoms with E-state index in [9.17, 15) is 0 Å². The van der Waals surface area contributed by atoms with Gasteiger partial charge >= 0.3 is 0 Å². The summed E-state index contributed by atoms with van der Waals surface area (Å²) in [5.41, 5.74) is 24.3. The second kappa shape index (κ2) is 20.6. The highest BCUT2D eigenvalue weighted by atomic mass is 15.0. The van der Waals surface area contributed by atoms with Crippen molar-refractivity contribution in [2.45, 2.75) is 0 Å². The number of aromatic nitrogens is 3. The maximum atomic E-state index is 5.44. The topological polar surface area (TPSA) is 30.7 Å². The van der Waals surface area contributed by atoms with Gasteiger partial charge in [0.2, 0.25) is 0 Å². The van der Waals surface area contributed by atoms with Crippen LogP contribution >= 0.6 is 0 Å². The Hall–Kier alpha value is -10.5. The minimum Gasteiger partial charge on any atom is -0.309 e. The van der Waals surface area contributed by atoms with Gasteiger partial charge in [-0.1, -0.05) is 237 Å². The molecule has 14 rings (SSSR count). The Morgan fingerprint density at radius 3 is 0.848 bits per heavy atom. The van der Waals surface area contributed by atoms with Crippen LogP contribution in [0, 0.1) is 0 Å². The molecule has 2 heterocycles. The van der Waals surface area contributed by atoms with Crippen LogP contribution in [0.3, 0.4) is 0 Å². The molecule has 0 spiro atoms. The fourth-order valence-electron chi connectivity index (χ4n) is 11.2. The molecule has 370 valence electrons. The van der Waals surface area contributed by atoms with Gasteiger partial charge in [-0.25, -0.2) is 9.97 Å². The maximum Gasteiger partial charge on any atom is 0.160 e. The molecule has 0 saturated heterocycles. The first kappa shape index (κ1) is 47.0. The van der Waals surface area contributed by atoms with E-state index in [0.717, 1.165) is 72.7 Å². The van der Waals surface area contributed by atoms with E-state index in [-0.39, 0.29) is 0 Å². The summed E-state index contributed by atoms with van der Waals surface area (Å²) in [5, 5.41) is 2.48.